The van der Waals surface area contributed by atoms with Gasteiger partial charge in [0.1, 0.15) is 5.82 Å². The summed E-state index contributed by atoms with van der Waals surface area (Å²) >= 11 is 3.33. The Morgan fingerprint density at radius 3 is 2.54 bits per heavy atom. The van der Waals surface area contributed by atoms with Gasteiger partial charge >= 0.3 is 0 Å². The van der Waals surface area contributed by atoms with E-state index in [4.69, 9.17) is 0 Å². The molecule has 1 aliphatic heterocycles. The molecule has 0 atom stereocenters. The monoisotopic (exact) mass is 416 g/mol. The molecule has 1 saturated heterocycles. The number of halogens is 1. The van der Waals surface area contributed by atoms with Gasteiger partial charge in [0.25, 0.3) is 5.91 Å². The van der Waals surface area contributed by atoms with Crippen molar-refractivity contribution in [1.29, 1.82) is 0 Å². The molecule has 26 heavy (non-hydrogen) atoms. The van der Waals surface area contributed by atoms with E-state index in [-0.39, 0.29) is 30.6 Å². The van der Waals surface area contributed by atoms with Gasteiger partial charge in [0, 0.05) is 35.6 Å². The van der Waals surface area contributed by atoms with Gasteiger partial charge in [-0.3, -0.25) is 24.7 Å². The maximum atomic E-state index is 12.8. The molecule has 0 unspecified atom stereocenters. The molecule has 1 aromatic carbocycles. The number of aromatic nitrogens is 1. The van der Waals surface area contributed by atoms with Crippen molar-refractivity contribution in [3.05, 3.63) is 52.6 Å². The van der Waals surface area contributed by atoms with Crippen molar-refractivity contribution in [2.45, 2.75) is 19.8 Å². The van der Waals surface area contributed by atoms with E-state index in [2.05, 4.69) is 26.3 Å². The molecule has 2 aromatic rings. The minimum atomic E-state index is -0.205. The van der Waals surface area contributed by atoms with Crippen molar-refractivity contribution in [2.24, 2.45) is 0 Å². The average molecular weight is 417 g/mol. The number of hydrogen-bond acceptors (Lipinski definition) is 4. The maximum Gasteiger partial charge on any atom is 0.259 e. The fraction of sp³-hybridized carbons (Fsp3) is 0.222. The summed E-state index contributed by atoms with van der Waals surface area (Å²) in [6.07, 6.45) is 2.00. The zero-order valence-electron chi connectivity index (χ0n) is 14.1. The molecular weight excluding hydrogens is 400 g/mol. The zero-order valence-corrected chi connectivity index (χ0v) is 15.7. The standard InChI is InChI=1S/C18H17BrN4O3/c1-2-22(15-8-5-13(19)11-20-15)18(26)12-3-6-14(7-4-12)23-17(25)10-9-16(24)21-23/h3-8,11H,2,9-10H2,1H3,(H,21,24). The van der Waals surface area contributed by atoms with Gasteiger partial charge < -0.3 is 0 Å². The van der Waals surface area contributed by atoms with Gasteiger partial charge in [0.2, 0.25) is 11.8 Å². The van der Waals surface area contributed by atoms with E-state index < -0.39 is 0 Å². The molecule has 1 aromatic heterocycles. The number of anilines is 2. The van der Waals surface area contributed by atoms with Crippen molar-refractivity contribution in [1.82, 2.24) is 10.4 Å². The molecule has 1 N–H and O–H groups in total. The van der Waals surface area contributed by atoms with Crippen LogP contribution in [0.4, 0.5) is 11.5 Å². The first-order valence-corrected chi connectivity index (χ1v) is 8.95. The van der Waals surface area contributed by atoms with Gasteiger partial charge in [0.05, 0.1) is 5.69 Å². The summed E-state index contributed by atoms with van der Waals surface area (Å²) in [7, 11) is 0. The van der Waals surface area contributed by atoms with Gasteiger partial charge in [-0.25, -0.2) is 9.99 Å². The van der Waals surface area contributed by atoms with Gasteiger partial charge in [-0.2, -0.15) is 0 Å². The third-order valence-corrected chi connectivity index (χ3v) is 4.44. The zero-order chi connectivity index (χ0) is 18.7. The molecule has 3 rings (SSSR count). The topological polar surface area (TPSA) is 82.6 Å². The van der Waals surface area contributed by atoms with E-state index in [0.717, 1.165) is 4.47 Å². The highest BCUT2D eigenvalue weighted by molar-refractivity contribution is 9.10. The van der Waals surface area contributed by atoms with E-state index >= 15 is 0 Å². The first-order valence-electron chi connectivity index (χ1n) is 8.15. The average Bonchev–Trinajstić information content (AvgIpc) is 2.66. The van der Waals surface area contributed by atoms with Crippen molar-refractivity contribution in [2.75, 3.05) is 16.5 Å². The highest BCUT2D eigenvalue weighted by atomic mass is 79.9. The van der Waals surface area contributed by atoms with Gasteiger partial charge in [-0.1, -0.05) is 0 Å². The molecule has 2 heterocycles. The number of nitrogens with zero attached hydrogens (tertiary/aromatic N) is 3. The fourth-order valence-corrected chi connectivity index (χ4v) is 2.86. The van der Waals surface area contributed by atoms with Crippen LogP contribution in [0.2, 0.25) is 0 Å². The number of rotatable bonds is 4. The molecule has 0 aliphatic carbocycles. The van der Waals surface area contributed by atoms with Crippen LogP contribution in [0.5, 0.6) is 0 Å². The molecule has 3 amide bonds. The Bertz CT molecular complexity index is 837. The predicted octanol–water partition coefficient (Wildman–Crippen LogP) is 2.67. The summed E-state index contributed by atoms with van der Waals surface area (Å²) in [6.45, 7) is 2.34. The molecule has 8 heteroatoms. The normalized spacial score (nSPS) is 14.2. The number of carbonyl (C=O) groups excluding carboxylic acids is 3. The third kappa shape index (κ3) is 3.75. The van der Waals surface area contributed by atoms with Gasteiger partial charge in [-0.05, 0) is 59.3 Å². The Kier molecular flexibility index (Phi) is 5.32. The summed E-state index contributed by atoms with van der Waals surface area (Å²) in [5, 5.41) is 1.22. The molecule has 0 spiro atoms. The number of pyridine rings is 1. The van der Waals surface area contributed by atoms with Crippen LogP contribution in [0.3, 0.4) is 0 Å². The Balaban J connectivity index is 1.80. The van der Waals surface area contributed by atoms with Crippen molar-refractivity contribution in [3.63, 3.8) is 0 Å². The number of nitrogens with one attached hydrogen (secondary N) is 1. The van der Waals surface area contributed by atoms with Crippen molar-refractivity contribution >= 4 is 45.2 Å². The fourth-order valence-electron chi connectivity index (χ4n) is 2.63. The molecule has 134 valence electrons. The quantitative estimate of drug-likeness (QED) is 0.830. The minimum Gasteiger partial charge on any atom is -0.293 e. The Morgan fingerprint density at radius 1 is 1.19 bits per heavy atom. The molecule has 7 nitrogen and oxygen atoms in total. The SMILES string of the molecule is CCN(C(=O)c1ccc(N2NC(=O)CCC2=O)cc1)c1ccc(Br)cn1. The van der Waals surface area contributed by atoms with E-state index in [1.165, 1.54) is 5.01 Å². The number of amides is 3. The summed E-state index contributed by atoms with van der Waals surface area (Å²) in [6, 6.07) is 10.1. The van der Waals surface area contributed by atoms with Gasteiger partial charge in [0.15, 0.2) is 0 Å². The Labute approximate surface area is 159 Å². The first kappa shape index (κ1) is 18.1. The number of hydrogen-bond donors (Lipinski definition) is 1. The second-order valence-electron chi connectivity index (χ2n) is 5.70. The second kappa shape index (κ2) is 7.65. The van der Waals surface area contributed by atoms with Gasteiger partial charge in [-0.15, -0.1) is 0 Å². The maximum absolute atomic E-state index is 12.8. The lowest BCUT2D eigenvalue weighted by Crippen LogP contribution is -2.50. The van der Waals surface area contributed by atoms with Crippen molar-refractivity contribution in [3.8, 4) is 0 Å². The molecule has 0 radical (unpaired) electrons. The van der Waals surface area contributed by atoms with Crippen LogP contribution in [0, 0.1) is 0 Å². The van der Waals surface area contributed by atoms with Crippen molar-refractivity contribution < 1.29 is 14.4 Å². The summed E-state index contributed by atoms with van der Waals surface area (Å²) < 4.78 is 0.836. The highest BCUT2D eigenvalue weighted by Crippen LogP contribution is 2.21. The summed E-state index contributed by atoms with van der Waals surface area (Å²) in [4.78, 5) is 42.1. The lowest BCUT2D eigenvalue weighted by molar-refractivity contribution is -0.130. The van der Waals surface area contributed by atoms with E-state index in [0.29, 0.717) is 23.6 Å². The highest BCUT2D eigenvalue weighted by Gasteiger charge is 2.25. The van der Waals surface area contributed by atoms with Crippen LogP contribution in [-0.4, -0.2) is 29.3 Å². The van der Waals surface area contributed by atoms with Crippen LogP contribution >= 0.6 is 15.9 Å². The van der Waals surface area contributed by atoms with Crippen LogP contribution in [0.15, 0.2) is 47.1 Å². The molecule has 0 saturated carbocycles. The lowest BCUT2D eigenvalue weighted by Gasteiger charge is -2.27. The molecule has 1 aliphatic rings. The number of benzene rings is 1. The summed E-state index contributed by atoms with van der Waals surface area (Å²) in [5.74, 6) is -0.0210. The Hall–Kier alpha value is -2.74. The van der Waals surface area contributed by atoms with E-state index in [1.54, 1.807) is 41.4 Å². The smallest absolute Gasteiger partial charge is 0.259 e. The van der Waals surface area contributed by atoms with Crippen LogP contribution in [0.25, 0.3) is 0 Å². The number of carbonyl (C=O) groups is 3. The van der Waals surface area contributed by atoms with E-state index in [9.17, 15) is 14.4 Å². The van der Waals surface area contributed by atoms with Crippen LogP contribution in [-0.2, 0) is 9.59 Å². The van der Waals surface area contributed by atoms with Crippen LogP contribution in [0.1, 0.15) is 30.1 Å². The lowest BCUT2D eigenvalue weighted by atomic mass is 10.1. The Morgan fingerprint density at radius 2 is 1.92 bits per heavy atom. The third-order valence-electron chi connectivity index (χ3n) is 3.97. The largest absolute Gasteiger partial charge is 0.293 e. The van der Waals surface area contributed by atoms with E-state index in [1.807, 2.05) is 13.0 Å². The molecular formula is C18H17BrN4O3. The molecule has 1 fully saturated rings. The second-order valence-corrected chi connectivity index (χ2v) is 6.61. The summed E-state index contributed by atoms with van der Waals surface area (Å²) in [5.41, 5.74) is 3.52. The first-order chi connectivity index (χ1) is 12.5. The van der Waals surface area contributed by atoms with Crippen LogP contribution < -0.4 is 15.3 Å². The minimum absolute atomic E-state index is 0.172. The predicted molar refractivity (Wildman–Crippen MR) is 101 cm³/mol. The number of hydrazine groups is 1. The molecule has 0 bridgehead atoms.